The molecule has 1 aliphatic heterocycles. The highest BCUT2D eigenvalue weighted by Gasteiger charge is 2.21. The van der Waals surface area contributed by atoms with Gasteiger partial charge >= 0.3 is 0 Å². The van der Waals surface area contributed by atoms with Gasteiger partial charge in [-0.1, -0.05) is 55.2 Å². The molecule has 1 N–H and O–H groups in total. The molecular weight excluding hydrogens is 489 g/mol. The zero-order valence-corrected chi connectivity index (χ0v) is 22.5. The van der Waals surface area contributed by atoms with Gasteiger partial charge in [-0.25, -0.2) is 0 Å². The summed E-state index contributed by atoms with van der Waals surface area (Å²) >= 11 is 13.8. The Hall–Kier alpha value is -1.73. The zero-order valence-electron chi connectivity index (χ0n) is 20.1. The lowest BCUT2D eigenvalue weighted by atomic mass is 10.0. The number of nitrogens with one attached hydrogen (secondary N) is 1. The fourth-order valence-corrected chi connectivity index (χ4v) is 5.60. The highest BCUT2D eigenvalue weighted by molar-refractivity contribution is 8.00. The molecule has 1 heterocycles. The van der Waals surface area contributed by atoms with Gasteiger partial charge in [-0.15, -0.1) is 11.8 Å². The molecule has 0 unspecified atom stereocenters. The summed E-state index contributed by atoms with van der Waals surface area (Å²) in [4.78, 5) is 30.6. The van der Waals surface area contributed by atoms with Crippen LogP contribution in [0.2, 0.25) is 10.0 Å². The summed E-state index contributed by atoms with van der Waals surface area (Å²) in [5.41, 5.74) is 4.22. The molecule has 1 fully saturated rings. The second-order valence-corrected chi connectivity index (χ2v) is 10.4. The number of benzene rings is 2. The van der Waals surface area contributed by atoms with Gasteiger partial charge in [0.25, 0.3) is 0 Å². The molecule has 2 aromatic rings. The summed E-state index contributed by atoms with van der Waals surface area (Å²) in [6, 6.07) is 9.84. The van der Waals surface area contributed by atoms with E-state index < -0.39 is 0 Å². The highest BCUT2D eigenvalue weighted by Crippen LogP contribution is 2.32. The van der Waals surface area contributed by atoms with Gasteiger partial charge in [-0.2, -0.15) is 0 Å². The summed E-state index contributed by atoms with van der Waals surface area (Å²) in [6.45, 7) is 9.25. The number of carbonyl (C=O) groups excluding carboxylic acids is 2. The number of hydrogen-bond acceptors (Lipinski definition) is 4. The molecule has 0 aromatic heterocycles. The number of para-hydroxylation sites is 1. The Morgan fingerprint density at radius 3 is 2.38 bits per heavy atom. The Morgan fingerprint density at radius 1 is 1.00 bits per heavy atom. The lowest BCUT2D eigenvalue weighted by Crippen LogP contribution is -2.38. The Morgan fingerprint density at radius 2 is 1.71 bits per heavy atom. The van der Waals surface area contributed by atoms with Crippen LogP contribution in [0.15, 0.2) is 35.2 Å². The van der Waals surface area contributed by atoms with Crippen molar-refractivity contribution in [2.24, 2.45) is 0 Å². The number of anilines is 1. The van der Waals surface area contributed by atoms with Crippen LogP contribution in [0.5, 0.6) is 0 Å². The molecule has 1 saturated heterocycles. The number of amides is 2. The Kier molecular flexibility index (Phi) is 10.1. The topological polar surface area (TPSA) is 52.7 Å². The van der Waals surface area contributed by atoms with Gasteiger partial charge < -0.3 is 10.2 Å². The summed E-state index contributed by atoms with van der Waals surface area (Å²) in [7, 11) is 0. The molecular formula is C26H33Cl2N3O2S. The van der Waals surface area contributed by atoms with Crippen LogP contribution in [0.1, 0.15) is 37.0 Å². The molecule has 0 bridgehead atoms. The number of thioether (sulfide) groups is 1. The van der Waals surface area contributed by atoms with Gasteiger partial charge in [0.15, 0.2) is 0 Å². The summed E-state index contributed by atoms with van der Waals surface area (Å²) < 4.78 is 0. The summed E-state index contributed by atoms with van der Waals surface area (Å²) in [6.07, 6.45) is 2.60. The molecule has 8 heteroatoms. The highest BCUT2D eigenvalue weighted by atomic mass is 35.5. The van der Waals surface area contributed by atoms with Gasteiger partial charge in [0.2, 0.25) is 11.8 Å². The third-order valence-electron chi connectivity index (χ3n) is 6.14. The molecule has 2 amide bonds. The molecule has 0 spiro atoms. The van der Waals surface area contributed by atoms with E-state index >= 15 is 0 Å². The molecule has 1 aliphatic rings. The van der Waals surface area contributed by atoms with E-state index in [1.807, 2.05) is 24.0 Å². The molecule has 0 saturated carbocycles. The van der Waals surface area contributed by atoms with E-state index in [-0.39, 0.29) is 11.8 Å². The quantitative estimate of drug-likeness (QED) is 0.453. The third-order valence-corrected chi connectivity index (χ3v) is 8.01. The van der Waals surface area contributed by atoms with Crippen LogP contribution in [0.3, 0.4) is 0 Å². The molecule has 0 aliphatic carbocycles. The van der Waals surface area contributed by atoms with E-state index in [9.17, 15) is 9.59 Å². The van der Waals surface area contributed by atoms with Crippen molar-refractivity contribution in [3.63, 3.8) is 0 Å². The average molecular weight is 523 g/mol. The molecule has 3 rings (SSSR count). The minimum absolute atomic E-state index is 0.00122. The van der Waals surface area contributed by atoms with E-state index in [1.54, 1.807) is 6.07 Å². The fraction of sp³-hybridized carbons (Fsp3) is 0.462. The standard InChI is InChI=1S/C26H33Cl2N3O2S/c1-4-19-8-6-9-20(5-2)26(19)29-24(32)16-30-10-7-11-31(13-12-30)25(33)17-34-23-14-18(3)21(27)15-22(23)28/h6,8-9,14-15H,4-5,7,10-13,16-17H2,1-3H3,(H,29,32). The number of hydrogen-bond donors (Lipinski definition) is 1. The molecule has 0 radical (unpaired) electrons. The Balaban J connectivity index is 1.52. The maximum atomic E-state index is 12.8. The Labute approximate surface area is 217 Å². The number of aryl methyl sites for hydroxylation is 3. The van der Waals surface area contributed by atoms with E-state index in [4.69, 9.17) is 23.2 Å². The molecule has 0 atom stereocenters. The largest absolute Gasteiger partial charge is 0.341 e. The normalized spacial score (nSPS) is 14.7. The van der Waals surface area contributed by atoms with Crippen LogP contribution in [0.25, 0.3) is 0 Å². The van der Waals surface area contributed by atoms with Gasteiger partial charge in [-0.3, -0.25) is 14.5 Å². The van der Waals surface area contributed by atoms with Gasteiger partial charge in [0.05, 0.1) is 17.3 Å². The summed E-state index contributed by atoms with van der Waals surface area (Å²) in [5, 5.41) is 4.34. The SMILES string of the molecule is CCc1cccc(CC)c1NC(=O)CN1CCCN(C(=O)CSc2cc(C)c(Cl)cc2Cl)CC1. The molecule has 5 nitrogen and oxygen atoms in total. The third kappa shape index (κ3) is 7.14. The molecule has 2 aromatic carbocycles. The van der Waals surface area contributed by atoms with Crippen molar-refractivity contribution in [3.05, 3.63) is 57.1 Å². The van der Waals surface area contributed by atoms with Crippen LogP contribution in [-0.4, -0.2) is 60.1 Å². The first-order chi connectivity index (χ1) is 16.3. The first-order valence-electron chi connectivity index (χ1n) is 11.8. The van der Waals surface area contributed by atoms with Crippen molar-refractivity contribution >= 4 is 52.5 Å². The lowest BCUT2D eigenvalue weighted by Gasteiger charge is -2.22. The fourth-order valence-electron chi connectivity index (χ4n) is 4.14. The van der Waals surface area contributed by atoms with Crippen LogP contribution >= 0.6 is 35.0 Å². The van der Waals surface area contributed by atoms with Crippen molar-refractivity contribution < 1.29 is 9.59 Å². The monoisotopic (exact) mass is 521 g/mol. The van der Waals surface area contributed by atoms with Crippen molar-refractivity contribution in [2.45, 2.75) is 44.9 Å². The molecule has 184 valence electrons. The minimum Gasteiger partial charge on any atom is -0.341 e. The first kappa shape index (κ1) is 26.9. The maximum Gasteiger partial charge on any atom is 0.238 e. The number of carbonyl (C=O) groups is 2. The number of nitrogens with zero attached hydrogens (tertiary/aromatic N) is 2. The maximum absolute atomic E-state index is 12.8. The smallest absolute Gasteiger partial charge is 0.238 e. The van der Waals surface area contributed by atoms with Gasteiger partial charge in [0.1, 0.15) is 0 Å². The first-order valence-corrected chi connectivity index (χ1v) is 13.6. The Bertz CT molecular complexity index is 1010. The number of halogens is 2. The second kappa shape index (κ2) is 12.8. The van der Waals surface area contributed by atoms with Crippen LogP contribution in [0.4, 0.5) is 5.69 Å². The van der Waals surface area contributed by atoms with Crippen LogP contribution < -0.4 is 5.32 Å². The molecule has 34 heavy (non-hydrogen) atoms. The van der Waals surface area contributed by atoms with Crippen molar-refractivity contribution in [1.82, 2.24) is 9.80 Å². The zero-order chi connectivity index (χ0) is 24.7. The lowest BCUT2D eigenvalue weighted by molar-refractivity contribution is -0.128. The van der Waals surface area contributed by atoms with E-state index in [0.717, 1.165) is 53.1 Å². The van der Waals surface area contributed by atoms with Crippen molar-refractivity contribution in [3.8, 4) is 0 Å². The van der Waals surface area contributed by atoms with Crippen molar-refractivity contribution in [1.29, 1.82) is 0 Å². The van der Waals surface area contributed by atoms with E-state index in [1.165, 1.54) is 11.8 Å². The predicted octanol–water partition coefficient (Wildman–Crippen LogP) is 5.69. The van der Waals surface area contributed by atoms with Crippen LogP contribution in [-0.2, 0) is 22.4 Å². The van der Waals surface area contributed by atoms with E-state index in [0.29, 0.717) is 42.0 Å². The van der Waals surface area contributed by atoms with Gasteiger partial charge in [-0.05, 0) is 55.0 Å². The van der Waals surface area contributed by atoms with Gasteiger partial charge in [0, 0.05) is 41.8 Å². The van der Waals surface area contributed by atoms with E-state index in [2.05, 4.69) is 36.2 Å². The minimum atomic E-state index is -0.00122. The second-order valence-electron chi connectivity index (χ2n) is 8.54. The number of rotatable bonds is 8. The van der Waals surface area contributed by atoms with Crippen LogP contribution in [0, 0.1) is 6.92 Å². The average Bonchev–Trinajstić information content (AvgIpc) is 3.06. The predicted molar refractivity (Wildman–Crippen MR) is 143 cm³/mol. The van der Waals surface area contributed by atoms with Crippen molar-refractivity contribution in [2.75, 3.05) is 43.8 Å². The summed E-state index contributed by atoms with van der Waals surface area (Å²) in [5.74, 6) is 0.414.